The first-order valence-electron chi connectivity index (χ1n) is 8.51. The van der Waals surface area contributed by atoms with E-state index < -0.39 is 28.6 Å². The van der Waals surface area contributed by atoms with Crippen LogP contribution in [-0.4, -0.2) is 40.4 Å². The van der Waals surface area contributed by atoms with Gasteiger partial charge in [0.25, 0.3) is 5.91 Å². The number of aliphatic imine (C=N–C) groups is 1. The van der Waals surface area contributed by atoms with E-state index in [2.05, 4.69) is 32.3 Å². The van der Waals surface area contributed by atoms with Crippen LogP contribution in [-0.2, 0) is 9.59 Å². The third kappa shape index (κ3) is 6.10. The summed E-state index contributed by atoms with van der Waals surface area (Å²) in [5.74, 6) is 1.74. The highest BCUT2D eigenvalue weighted by molar-refractivity contribution is 8.00. The van der Waals surface area contributed by atoms with E-state index in [-0.39, 0.29) is 11.5 Å². The molecule has 0 spiro atoms. The highest BCUT2D eigenvalue weighted by Gasteiger charge is 2.45. The Morgan fingerprint density at radius 2 is 2.11 bits per heavy atom. The van der Waals surface area contributed by atoms with Gasteiger partial charge in [0.2, 0.25) is 5.91 Å². The summed E-state index contributed by atoms with van der Waals surface area (Å²) < 4.78 is 38.0. The molecule has 0 aromatic carbocycles. The number of nitrogens with one attached hydrogen (secondary N) is 4. The molecule has 0 aromatic heterocycles. The number of halogens is 3. The molecule has 2 aliphatic heterocycles. The Bertz CT molecular complexity index is 675. The lowest BCUT2D eigenvalue weighted by atomic mass is 9.97. The maximum Gasteiger partial charge on any atom is 0.414 e. The second kappa shape index (κ2) is 8.92. The molecule has 0 aliphatic carbocycles. The molecule has 0 radical (unpaired) electrons. The lowest BCUT2D eigenvalue weighted by molar-refractivity contribution is -0.134. The van der Waals surface area contributed by atoms with E-state index in [1.54, 1.807) is 0 Å². The summed E-state index contributed by atoms with van der Waals surface area (Å²) in [7, 11) is 0. The van der Waals surface area contributed by atoms with Crippen molar-refractivity contribution in [2.24, 2.45) is 4.99 Å². The second-order valence-electron chi connectivity index (χ2n) is 6.25. The largest absolute Gasteiger partial charge is 0.414 e. The summed E-state index contributed by atoms with van der Waals surface area (Å²) in [5, 5.41) is 3.39. The summed E-state index contributed by atoms with van der Waals surface area (Å²) in [6.45, 7) is 3.39. The van der Waals surface area contributed by atoms with Crippen molar-refractivity contribution in [3.8, 4) is 0 Å². The van der Waals surface area contributed by atoms with Gasteiger partial charge in [0.05, 0.1) is 0 Å². The van der Waals surface area contributed by atoms with E-state index in [1.807, 2.05) is 6.92 Å². The maximum absolute atomic E-state index is 12.7. The maximum atomic E-state index is 12.7. The second-order valence-corrected chi connectivity index (χ2v) is 7.46. The van der Waals surface area contributed by atoms with Crippen LogP contribution >= 0.6 is 11.8 Å². The number of hydrogen-bond donors (Lipinski definition) is 4. The fraction of sp³-hybridized carbons (Fsp3) is 0.625. The zero-order valence-corrected chi connectivity index (χ0v) is 15.8. The van der Waals surface area contributed by atoms with Gasteiger partial charge in [-0.1, -0.05) is 31.5 Å². The van der Waals surface area contributed by atoms with Crippen molar-refractivity contribution in [1.82, 2.24) is 21.5 Å². The molecule has 11 heteroatoms. The zero-order chi connectivity index (χ0) is 20.1. The number of amides is 2. The number of nitrogens with zero attached hydrogens (tertiary/aromatic N) is 1. The first kappa shape index (κ1) is 21.5. The van der Waals surface area contributed by atoms with Gasteiger partial charge in [0, 0.05) is 18.6 Å². The molecule has 7 nitrogen and oxygen atoms in total. The Morgan fingerprint density at radius 3 is 2.70 bits per heavy atom. The van der Waals surface area contributed by atoms with E-state index in [1.165, 1.54) is 19.1 Å². The standard InChI is InChI=1S/C16H22F3N5O2S/c1-3-4-5-7-15(22-10(2)25)9-11(6-8-20-15)12(26)21-14-24-23-13(27-14)16(17,18)19/h6,9,13-14,23-24H,3-5,7H2,1-2H3,(H,21,26)(H,22,25). The van der Waals surface area contributed by atoms with Gasteiger partial charge >= 0.3 is 6.18 Å². The number of hydrogen-bond acceptors (Lipinski definition) is 6. The van der Waals surface area contributed by atoms with Gasteiger partial charge in [-0.25, -0.2) is 15.8 Å². The van der Waals surface area contributed by atoms with Gasteiger partial charge < -0.3 is 10.6 Å². The van der Waals surface area contributed by atoms with Crippen molar-refractivity contribution in [3.05, 3.63) is 17.7 Å². The number of carbonyl (C=O) groups is 2. The molecular weight excluding hydrogens is 383 g/mol. The Labute approximate surface area is 159 Å². The van der Waals surface area contributed by atoms with Gasteiger partial charge in [0.1, 0.15) is 5.50 Å². The molecular formula is C16H22F3N5O2S. The predicted molar refractivity (Wildman–Crippen MR) is 96.4 cm³/mol. The van der Waals surface area contributed by atoms with E-state index in [0.29, 0.717) is 18.2 Å². The van der Waals surface area contributed by atoms with Crippen LogP contribution in [0.15, 0.2) is 22.7 Å². The van der Waals surface area contributed by atoms with E-state index in [0.717, 1.165) is 19.3 Å². The van der Waals surface area contributed by atoms with Crippen LogP contribution in [0.2, 0.25) is 0 Å². The minimum atomic E-state index is -4.44. The third-order valence-corrected chi connectivity index (χ3v) is 5.04. The molecule has 3 atom stereocenters. The molecule has 0 bridgehead atoms. The zero-order valence-electron chi connectivity index (χ0n) is 14.9. The Balaban J connectivity index is 2.07. The Kier molecular flexibility index (Phi) is 7.10. The van der Waals surface area contributed by atoms with Crippen molar-refractivity contribution in [2.45, 2.75) is 62.2 Å². The highest BCUT2D eigenvalue weighted by atomic mass is 32.2. The number of unbranched alkanes of at least 4 members (excludes halogenated alkanes) is 2. The average molecular weight is 405 g/mol. The van der Waals surface area contributed by atoms with Crippen LogP contribution in [0, 0.1) is 0 Å². The molecule has 0 saturated carbocycles. The molecule has 2 rings (SSSR count). The van der Waals surface area contributed by atoms with E-state index in [4.69, 9.17) is 0 Å². The molecule has 2 amide bonds. The van der Waals surface area contributed by atoms with Crippen molar-refractivity contribution in [1.29, 1.82) is 0 Å². The summed E-state index contributed by atoms with van der Waals surface area (Å²) in [6, 6.07) is 0. The molecule has 1 fully saturated rings. The minimum Gasteiger partial charge on any atom is -0.328 e. The number of carbonyl (C=O) groups excluding carboxylic acids is 2. The molecule has 2 heterocycles. The molecule has 27 heavy (non-hydrogen) atoms. The lowest BCUT2D eigenvalue weighted by Gasteiger charge is -2.28. The van der Waals surface area contributed by atoms with E-state index in [9.17, 15) is 22.8 Å². The molecule has 3 unspecified atom stereocenters. The van der Waals surface area contributed by atoms with Gasteiger partial charge in [-0.05, 0) is 24.8 Å². The fourth-order valence-electron chi connectivity index (χ4n) is 2.67. The Morgan fingerprint density at radius 1 is 1.37 bits per heavy atom. The minimum absolute atomic E-state index is 0.174. The summed E-state index contributed by atoms with van der Waals surface area (Å²) in [4.78, 5) is 28.2. The fourth-order valence-corrected chi connectivity index (χ4v) is 3.54. The summed E-state index contributed by atoms with van der Waals surface area (Å²) in [6.07, 6.45) is 1.60. The van der Waals surface area contributed by atoms with Gasteiger partial charge in [-0.3, -0.25) is 9.59 Å². The molecule has 0 aromatic rings. The van der Waals surface area contributed by atoms with E-state index >= 15 is 0 Å². The number of alkyl halides is 3. The van der Waals surface area contributed by atoms with Crippen molar-refractivity contribution >= 4 is 29.4 Å². The molecule has 2 aliphatic rings. The van der Waals surface area contributed by atoms with Crippen LogP contribution in [0.4, 0.5) is 13.2 Å². The number of rotatable bonds is 7. The van der Waals surface area contributed by atoms with Gasteiger partial charge in [0.15, 0.2) is 11.0 Å². The van der Waals surface area contributed by atoms with Gasteiger partial charge in [-0.2, -0.15) is 13.2 Å². The molecule has 1 saturated heterocycles. The van der Waals surface area contributed by atoms with Crippen LogP contribution in [0.1, 0.15) is 39.5 Å². The topological polar surface area (TPSA) is 94.6 Å². The SMILES string of the molecule is CCCCCC1(NC(C)=O)C=C(C(=O)NC2NNC(C(F)(F)F)S2)C=C=N1. The first-order valence-corrected chi connectivity index (χ1v) is 9.46. The van der Waals surface area contributed by atoms with Crippen molar-refractivity contribution < 1.29 is 22.8 Å². The van der Waals surface area contributed by atoms with Crippen LogP contribution < -0.4 is 21.5 Å². The smallest absolute Gasteiger partial charge is 0.328 e. The van der Waals surface area contributed by atoms with Crippen LogP contribution in [0.25, 0.3) is 0 Å². The number of thioether (sulfide) groups is 1. The monoisotopic (exact) mass is 405 g/mol. The normalized spacial score (nSPS) is 27.4. The van der Waals surface area contributed by atoms with Crippen molar-refractivity contribution in [2.75, 3.05) is 0 Å². The van der Waals surface area contributed by atoms with Crippen LogP contribution in [0.5, 0.6) is 0 Å². The van der Waals surface area contributed by atoms with Crippen molar-refractivity contribution in [3.63, 3.8) is 0 Å². The van der Waals surface area contributed by atoms with Crippen LogP contribution in [0.3, 0.4) is 0 Å². The quantitative estimate of drug-likeness (QED) is 0.484. The highest BCUT2D eigenvalue weighted by Crippen LogP contribution is 2.32. The molecule has 150 valence electrons. The lowest BCUT2D eigenvalue weighted by Crippen LogP contribution is -2.48. The van der Waals surface area contributed by atoms with Gasteiger partial charge in [-0.15, -0.1) is 0 Å². The summed E-state index contributed by atoms with van der Waals surface area (Å²) >= 11 is 0.503. The third-order valence-electron chi connectivity index (χ3n) is 3.87. The predicted octanol–water partition coefficient (Wildman–Crippen LogP) is 1.69. The average Bonchev–Trinajstić information content (AvgIpc) is 3.03. The summed E-state index contributed by atoms with van der Waals surface area (Å²) in [5.41, 5.74) is 2.61. The Hall–Kier alpha value is -1.81. The molecule has 4 N–H and O–H groups in total. The number of hydrazine groups is 1. The first-order chi connectivity index (χ1) is 12.6.